The first kappa shape index (κ1) is 28.3. The number of nitrogens with zero attached hydrogens (tertiary/aromatic N) is 3. The normalized spacial score (nSPS) is 11.6. The lowest BCUT2D eigenvalue weighted by molar-refractivity contribution is 0.669. The van der Waals surface area contributed by atoms with Gasteiger partial charge < -0.3 is 8.98 Å². The Bertz CT molecular complexity index is 2870. The Kier molecular flexibility index (Phi) is 6.46. The van der Waals surface area contributed by atoms with E-state index >= 15 is 0 Å². The van der Waals surface area contributed by atoms with E-state index in [1.54, 1.807) is 0 Å². The predicted molar refractivity (Wildman–Crippen MR) is 205 cm³/mol. The minimum Gasteiger partial charge on any atom is -0.455 e. The summed E-state index contributed by atoms with van der Waals surface area (Å²) in [4.78, 5) is 10.7. The van der Waals surface area contributed by atoms with Gasteiger partial charge in [-0.25, -0.2) is 9.97 Å². The number of rotatable bonds is 5. The summed E-state index contributed by atoms with van der Waals surface area (Å²) in [5.74, 6) is 0.617. The van der Waals surface area contributed by atoms with Crippen LogP contribution in [0.5, 0.6) is 0 Å². The van der Waals surface area contributed by atoms with Crippen molar-refractivity contribution >= 4 is 43.7 Å². The highest BCUT2D eigenvalue weighted by molar-refractivity contribution is 6.14. The van der Waals surface area contributed by atoms with Crippen LogP contribution in [-0.4, -0.2) is 14.5 Å². The van der Waals surface area contributed by atoms with Crippen molar-refractivity contribution in [1.29, 1.82) is 0 Å². The van der Waals surface area contributed by atoms with Gasteiger partial charge in [0.25, 0.3) is 0 Å². The van der Waals surface area contributed by atoms with Crippen LogP contribution in [0.2, 0.25) is 0 Å². The Morgan fingerprint density at radius 2 is 1.04 bits per heavy atom. The minimum atomic E-state index is 0.617. The first-order valence-electron chi connectivity index (χ1n) is 16.8. The topological polar surface area (TPSA) is 43.9 Å². The molecule has 0 aliphatic heterocycles. The van der Waals surface area contributed by atoms with Gasteiger partial charge in [-0.3, -0.25) is 0 Å². The zero-order valence-corrected chi connectivity index (χ0v) is 27.0. The molecule has 0 aliphatic rings. The van der Waals surface area contributed by atoms with Crippen LogP contribution >= 0.6 is 0 Å². The number of hydrogen-bond acceptors (Lipinski definition) is 3. The Balaban J connectivity index is 1.27. The van der Waals surface area contributed by atoms with Crippen molar-refractivity contribution in [2.24, 2.45) is 0 Å². The quantitative estimate of drug-likeness (QED) is 0.188. The standard InChI is InChI=1S/C46H29N3O/c1-3-14-30(15-4-1)31-16-11-17-32(28-31)40-29-41(48-46(47-40)39-25-13-23-37-35-21-8-10-27-43(35)50-45(37)39)38-24-12-22-36-34-20-7-9-26-42(34)49(44(36)38)33-18-5-2-6-19-33/h1-29H. The van der Waals surface area contributed by atoms with Crippen molar-refractivity contribution < 1.29 is 4.42 Å². The third-order valence-corrected chi connectivity index (χ3v) is 9.62. The van der Waals surface area contributed by atoms with Gasteiger partial charge in [-0.15, -0.1) is 0 Å². The lowest BCUT2D eigenvalue weighted by Crippen LogP contribution is -1.99. The van der Waals surface area contributed by atoms with Gasteiger partial charge in [-0.05, 0) is 53.6 Å². The lowest BCUT2D eigenvalue weighted by Gasteiger charge is -2.14. The predicted octanol–water partition coefficient (Wildman–Crippen LogP) is 12.1. The van der Waals surface area contributed by atoms with Crippen LogP contribution in [0.15, 0.2) is 180 Å². The fourth-order valence-electron chi connectivity index (χ4n) is 7.34. The molecule has 0 saturated carbocycles. The summed E-state index contributed by atoms with van der Waals surface area (Å²) >= 11 is 0. The maximum atomic E-state index is 6.51. The van der Waals surface area contributed by atoms with Crippen molar-refractivity contribution in [3.05, 3.63) is 176 Å². The molecule has 0 saturated heterocycles. The summed E-state index contributed by atoms with van der Waals surface area (Å²) in [6, 6.07) is 61.3. The SMILES string of the molecule is c1ccc(-c2cccc(-c3cc(-c4cccc5c6ccccc6n(-c6ccccc6)c45)nc(-c4cccc5c4oc4ccccc45)n3)c2)cc1. The van der Waals surface area contributed by atoms with Crippen LogP contribution in [-0.2, 0) is 0 Å². The Labute approximate surface area is 288 Å². The van der Waals surface area contributed by atoms with Gasteiger partial charge in [0.05, 0.1) is 28.0 Å². The smallest absolute Gasteiger partial charge is 0.164 e. The van der Waals surface area contributed by atoms with Gasteiger partial charge in [0.2, 0.25) is 0 Å². The Morgan fingerprint density at radius 1 is 0.420 bits per heavy atom. The highest BCUT2D eigenvalue weighted by Gasteiger charge is 2.21. The highest BCUT2D eigenvalue weighted by Crippen LogP contribution is 2.40. The largest absolute Gasteiger partial charge is 0.455 e. The fourth-order valence-corrected chi connectivity index (χ4v) is 7.34. The molecular formula is C46H29N3O. The number of furan rings is 1. The molecule has 0 fully saturated rings. The third kappa shape index (κ3) is 4.54. The monoisotopic (exact) mass is 639 g/mol. The van der Waals surface area contributed by atoms with Crippen molar-refractivity contribution in [3.63, 3.8) is 0 Å². The molecule has 50 heavy (non-hydrogen) atoms. The average molecular weight is 640 g/mol. The van der Waals surface area contributed by atoms with E-state index in [1.807, 2.05) is 24.3 Å². The van der Waals surface area contributed by atoms with Crippen LogP contribution in [0.1, 0.15) is 0 Å². The van der Waals surface area contributed by atoms with Crippen molar-refractivity contribution in [2.45, 2.75) is 0 Å². The van der Waals surface area contributed by atoms with Crippen molar-refractivity contribution in [2.75, 3.05) is 0 Å². The molecule has 0 bridgehead atoms. The summed E-state index contributed by atoms with van der Waals surface area (Å²) in [5.41, 5.74) is 11.9. The number of hydrogen-bond donors (Lipinski definition) is 0. The molecule has 0 aliphatic carbocycles. The zero-order chi connectivity index (χ0) is 33.0. The van der Waals surface area contributed by atoms with E-state index < -0.39 is 0 Å². The zero-order valence-electron chi connectivity index (χ0n) is 27.0. The van der Waals surface area contributed by atoms with E-state index in [9.17, 15) is 0 Å². The van der Waals surface area contributed by atoms with Crippen LogP contribution in [0.3, 0.4) is 0 Å². The second-order valence-electron chi connectivity index (χ2n) is 12.6. The molecule has 0 amide bonds. The molecule has 0 N–H and O–H groups in total. The van der Waals surface area contributed by atoms with Crippen molar-refractivity contribution in [3.8, 4) is 50.7 Å². The van der Waals surface area contributed by atoms with E-state index in [4.69, 9.17) is 14.4 Å². The van der Waals surface area contributed by atoms with Crippen LogP contribution in [0, 0.1) is 0 Å². The fraction of sp³-hybridized carbons (Fsp3) is 0. The molecule has 4 heteroatoms. The molecule has 3 aromatic heterocycles. The highest BCUT2D eigenvalue weighted by atomic mass is 16.3. The molecule has 0 spiro atoms. The van der Waals surface area contributed by atoms with Gasteiger partial charge >= 0.3 is 0 Å². The van der Waals surface area contributed by atoms with Gasteiger partial charge in [-0.1, -0.05) is 133 Å². The second-order valence-corrected chi connectivity index (χ2v) is 12.6. The molecular weight excluding hydrogens is 611 g/mol. The molecule has 10 rings (SSSR count). The van der Waals surface area contributed by atoms with Crippen LogP contribution in [0.4, 0.5) is 0 Å². The van der Waals surface area contributed by atoms with Gasteiger partial charge in [0.1, 0.15) is 11.2 Å². The van der Waals surface area contributed by atoms with Gasteiger partial charge in [0, 0.05) is 38.4 Å². The molecule has 10 aromatic rings. The number of benzene rings is 7. The van der Waals surface area contributed by atoms with E-state index in [0.29, 0.717) is 5.82 Å². The van der Waals surface area contributed by atoms with E-state index in [1.165, 1.54) is 10.8 Å². The molecule has 7 aromatic carbocycles. The van der Waals surface area contributed by atoms with Crippen LogP contribution in [0.25, 0.3) is 94.5 Å². The van der Waals surface area contributed by atoms with Gasteiger partial charge in [0.15, 0.2) is 5.82 Å². The molecule has 234 valence electrons. The van der Waals surface area contributed by atoms with E-state index in [2.05, 4.69) is 156 Å². The number of aromatic nitrogens is 3. The first-order chi connectivity index (χ1) is 24.8. The van der Waals surface area contributed by atoms with E-state index in [-0.39, 0.29) is 0 Å². The molecule has 0 radical (unpaired) electrons. The third-order valence-electron chi connectivity index (χ3n) is 9.62. The summed E-state index contributed by atoms with van der Waals surface area (Å²) < 4.78 is 8.87. The van der Waals surface area contributed by atoms with Crippen LogP contribution < -0.4 is 0 Å². The summed E-state index contributed by atoms with van der Waals surface area (Å²) in [6.45, 7) is 0. The summed E-state index contributed by atoms with van der Waals surface area (Å²) in [5, 5.41) is 4.50. The molecule has 3 heterocycles. The molecule has 4 nitrogen and oxygen atoms in total. The maximum absolute atomic E-state index is 6.51. The van der Waals surface area contributed by atoms with Crippen molar-refractivity contribution in [1.82, 2.24) is 14.5 Å². The molecule has 0 atom stereocenters. The molecule has 0 unspecified atom stereocenters. The van der Waals surface area contributed by atoms with Gasteiger partial charge in [-0.2, -0.15) is 0 Å². The number of fused-ring (bicyclic) bond motifs is 6. The second kappa shape index (κ2) is 11.4. The Hall–Kier alpha value is -6.78. The van der Waals surface area contributed by atoms with E-state index in [0.717, 1.165) is 77.9 Å². The summed E-state index contributed by atoms with van der Waals surface area (Å²) in [7, 11) is 0. The maximum Gasteiger partial charge on any atom is 0.164 e. The first-order valence-corrected chi connectivity index (χ1v) is 16.8. The minimum absolute atomic E-state index is 0.617. The Morgan fingerprint density at radius 3 is 1.90 bits per heavy atom. The number of para-hydroxylation sites is 5. The lowest BCUT2D eigenvalue weighted by atomic mass is 10.00. The average Bonchev–Trinajstić information content (AvgIpc) is 3.75. The summed E-state index contributed by atoms with van der Waals surface area (Å²) in [6.07, 6.45) is 0.